The predicted octanol–water partition coefficient (Wildman–Crippen LogP) is 5.39. The first kappa shape index (κ1) is 28.1. The van der Waals surface area contributed by atoms with Crippen LogP contribution in [-0.2, 0) is 4.79 Å². The maximum Gasteiger partial charge on any atom is 0.217 e. The number of carbonyl (C=O) groups excluding carboxylic acids is 1. The van der Waals surface area contributed by atoms with Crippen LogP contribution < -0.4 is 5.73 Å². The highest BCUT2D eigenvalue weighted by atomic mass is 16.3. The smallest absolute Gasteiger partial charge is 0.217 e. The van der Waals surface area contributed by atoms with Crippen molar-refractivity contribution < 1.29 is 15.0 Å². The first-order valence-electron chi connectivity index (χ1n) is 11.4. The van der Waals surface area contributed by atoms with Gasteiger partial charge in [-0.05, 0) is 57.8 Å². The van der Waals surface area contributed by atoms with Gasteiger partial charge in [-0.2, -0.15) is 0 Å². The Kier molecular flexibility index (Phi) is 16.8. The Balaban J connectivity index is 0.00000407. The highest BCUT2D eigenvalue weighted by Crippen LogP contribution is 2.36. The number of rotatable bonds is 13. The van der Waals surface area contributed by atoms with Gasteiger partial charge in [0.25, 0.3) is 0 Å². The summed E-state index contributed by atoms with van der Waals surface area (Å²) in [6.07, 6.45) is 21.2. The van der Waals surface area contributed by atoms with Gasteiger partial charge in [0.2, 0.25) is 5.91 Å². The van der Waals surface area contributed by atoms with Gasteiger partial charge in [0.15, 0.2) is 0 Å². The largest absolute Gasteiger partial charge is 0.393 e. The molecule has 0 saturated heterocycles. The third-order valence-corrected chi connectivity index (χ3v) is 5.32. The van der Waals surface area contributed by atoms with Crippen molar-refractivity contribution in [3.63, 3.8) is 0 Å². The predicted molar refractivity (Wildman–Crippen MR) is 128 cm³/mol. The topological polar surface area (TPSA) is 83.5 Å². The minimum atomic E-state index is -0.509. The monoisotopic (exact) mass is 417 g/mol. The second-order valence-electron chi connectivity index (χ2n) is 7.50. The van der Waals surface area contributed by atoms with Crippen molar-refractivity contribution in [3.05, 3.63) is 60.8 Å². The molecule has 4 N–H and O–H groups in total. The van der Waals surface area contributed by atoms with Crippen LogP contribution in [0.2, 0.25) is 0 Å². The molecule has 0 aromatic rings. The normalized spacial score (nSPS) is 23.1. The molecule has 0 aromatic carbocycles. The van der Waals surface area contributed by atoms with E-state index in [9.17, 15) is 15.0 Å². The van der Waals surface area contributed by atoms with Crippen LogP contribution >= 0.6 is 0 Å². The first-order chi connectivity index (χ1) is 14.5. The SMILES string of the molecule is C=C/C=C\C(=C/C)CC[C@H](O)/C=C/C1[C@@H](C/C=C\CCCC(N)=O)CC[C@H]1O.CC. The Bertz CT molecular complexity index is 589. The number of unbranched alkanes of at least 4 members (excludes halogenated alkanes) is 1. The molecule has 0 aromatic heterocycles. The molecule has 4 nitrogen and oxygen atoms in total. The fourth-order valence-corrected chi connectivity index (χ4v) is 3.61. The Morgan fingerprint density at radius 3 is 2.60 bits per heavy atom. The maximum atomic E-state index is 10.7. The maximum absolute atomic E-state index is 10.7. The summed E-state index contributed by atoms with van der Waals surface area (Å²) in [4.78, 5) is 10.7. The Morgan fingerprint density at radius 1 is 1.23 bits per heavy atom. The molecule has 0 bridgehead atoms. The average Bonchev–Trinajstić information content (AvgIpc) is 3.09. The third-order valence-electron chi connectivity index (χ3n) is 5.32. The molecule has 1 rings (SSSR count). The molecule has 1 unspecified atom stereocenters. The van der Waals surface area contributed by atoms with Gasteiger partial charge in [-0.3, -0.25) is 4.79 Å². The number of aliphatic hydroxyl groups is 2. The van der Waals surface area contributed by atoms with E-state index in [4.69, 9.17) is 5.73 Å². The minimum Gasteiger partial charge on any atom is -0.393 e. The van der Waals surface area contributed by atoms with Crippen LogP contribution in [0.25, 0.3) is 0 Å². The lowest BCUT2D eigenvalue weighted by Gasteiger charge is -2.18. The molecular formula is C26H43NO3. The lowest BCUT2D eigenvalue weighted by atomic mass is 9.90. The zero-order chi connectivity index (χ0) is 22.8. The van der Waals surface area contributed by atoms with E-state index in [-0.39, 0.29) is 17.9 Å². The van der Waals surface area contributed by atoms with Gasteiger partial charge in [0.05, 0.1) is 12.2 Å². The van der Waals surface area contributed by atoms with Crippen LogP contribution in [0.1, 0.15) is 72.1 Å². The number of aliphatic hydroxyl groups excluding tert-OH is 2. The zero-order valence-corrected chi connectivity index (χ0v) is 19.2. The molecular weight excluding hydrogens is 374 g/mol. The van der Waals surface area contributed by atoms with E-state index in [1.54, 1.807) is 6.08 Å². The molecule has 0 radical (unpaired) electrons. The highest BCUT2D eigenvalue weighted by Gasteiger charge is 2.32. The van der Waals surface area contributed by atoms with Gasteiger partial charge in [-0.1, -0.05) is 74.6 Å². The first-order valence-corrected chi connectivity index (χ1v) is 11.4. The van der Waals surface area contributed by atoms with Gasteiger partial charge in [-0.25, -0.2) is 0 Å². The highest BCUT2D eigenvalue weighted by molar-refractivity contribution is 5.73. The minimum absolute atomic E-state index is 0.0896. The average molecular weight is 418 g/mol. The van der Waals surface area contributed by atoms with E-state index >= 15 is 0 Å². The van der Waals surface area contributed by atoms with Crippen LogP contribution in [0.5, 0.6) is 0 Å². The molecule has 1 amide bonds. The molecule has 4 atom stereocenters. The Hall–Kier alpha value is -1.91. The number of allylic oxidation sites excluding steroid dienone is 7. The number of primary amides is 1. The zero-order valence-electron chi connectivity index (χ0n) is 19.2. The summed E-state index contributed by atoms with van der Waals surface area (Å²) >= 11 is 0. The summed E-state index contributed by atoms with van der Waals surface area (Å²) in [5.74, 6) is 0.230. The molecule has 4 heteroatoms. The number of carbonyl (C=O) groups is 1. The Morgan fingerprint density at radius 2 is 1.97 bits per heavy atom. The quantitative estimate of drug-likeness (QED) is 0.213. The lowest BCUT2D eigenvalue weighted by Crippen LogP contribution is -2.17. The van der Waals surface area contributed by atoms with Crippen LogP contribution in [0.15, 0.2) is 60.8 Å². The van der Waals surface area contributed by atoms with E-state index < -0.39 is 6.10 Å². The summed E-state index contributed by atoms with van der Waals surface area (Å²) in [6.45, 7) is 9.66. The fraction of sp³-hybridized carbons (Fsp3) is 0.577. The van der Waals surface area contributed by atoms with Crippen molar-refractivity contribution in [3.8, 4) is 0 Å². The molecule has 1 saturated carbocycles. The van der Waals surface area contributed by atoms with E-state index in [1.165, 1.54) is 5.57 Å². The Labute approximate surface area is 184 Å². The summed E-state index contributed by atoms with van der Waals surface area (Å²) in [6, 6.07) is 0. The number of nitrogens with two attached hydrogens (primary N) is 1. The van der Waals surface area contributed by atoms with Crippen LogP contribution in [0, 0.1) is 11.8 Å². The van der Waals surface area contributed by atoms with E-state index in [0.717, 1.165) is 38.5 Å². The van der Waals surface area contributed by atoms with Crippen molar-refractivity contribution in [1.82, 2.24) is 0 Å². The molecule has 30 heavy (non-hydrogen) atoms. The van der Waals surface area contributed by atoms with Crippen molar-refractivity contribution in [2.45, 2.75) is 84.3 Å². The summed E-state index contributed by atoms with van der Waals surface area (Å²) < 4.78 is 0. The second-order valence-corrected chi connectivity index (χ2v) is 7.50. The van der Waals surface area contributed by atoms with E-state index in [1.807, 2.05) is 51.2 Å². The van der Waals surface area contributed by atoms with E-state index in [0.29, 0.717) is 18.8 Å². The number of hydrogen-bond acceptors (Lipinski definition) is 3. The number of amides is 1. The molecule has 170 valence electrons. The summed E-state index contributed by atoms with van der Waals surface area (Å²) in [5, 5.41) is 20.6. The van der Waals surface area contributed by atoms with Gasteiger partial charge >= 0.3 is 0 Å². The van der Waals surface area contributed by atoms with Gasteiger partial charge in [0.1, 0.15) is 0 Å². The summed E-state index contributed by atoms with van der Waals surface area (Å²) in [5.41, 5.74) is 6.31. The second kappa shape index (κ2) is 17.9. The van der Waals surface area contributed by atoms with Crippen molar-refractivity contribution >= 4 is 5.91 Å². The van der Waals surface area contributed by atoms with Gasteiger partial charge in [0, 0.05) is 12.3 Å². The molecule has 0 heterocycles. The molecule has 1 fully saturated rings. The van der Waals surface area contributed by atoms with Crippen LogP contribution in [0.3, 0.4) is 0 Å². The van der Waals surface area contributed by atoms with Gasteiger partial charge in [-0.15, -0.1) is 0 Å². The van der Waals surface area contributed by atoms with Crippen molar-refractivity contribution in [2.75, 3.05) is 0 Å². The standard InChI is InChI=1S/C24H37NO3.C2H6/c1-3-5-10-19(4-2)13-15-21(26)16-17-22-20(14-18-23(22)27)11-8-6-7-9-12-24(25)28;1-2/h3-6,8,10,16-17,20-23,26-27H,1,7,9,11-15,18H2,2H3,(H2,25,28);1-2H3/b8-6-,10-5-,17-16+,19-4+;/t20-,21-,22?,23+;/m0./s1. The lowest BCUT2D eigenvalue weighted by molar-refractivity contribution is -0.118. The third kappa shape index (κ3) is 12.6. The molecule has 1 aliphatic carbocycles. The van der Waals surface area contributed by atoms with Crippen molar-refractivity contribution in [2.24, 2.45) is 17.6 Å². The fourth-order valence-electron chi connectivity index (χ4n) is 3.61. The van der Waals surface area contributed by atoms with Crippen molar-refractivity contribution in [1.29, 1.82) is 0 Å². The van der Waals surface area contributed by atoms with Gasteiger partial charge < -0.3 is 15.9 Å². The number of hydrogen-bond donors (Lipinski definition) is 3. The molecule has 1 aliphatic rings. The summed E-state index contributed by atoms with van der Waals surface area (Å²) in [7, 11) is 0. The molecule has 0 spiro atoms. The molecule has 0 aliphatic heterocycles. The van der Waals surface area contributed by atoms with E-state index in [2.05, 4.69) is 18.7 Å². The van der Waals surface area contributed by atoms with Crippen LogP contribution in [-0.4, -0.2) is 28.3 Å². The van der Waals surface area contributed by atoms with Crippen LogP contribution in [0.4, 0.5) is 0 Å².